The largest absolute Gasteiger partial charge is 0.496 e. The zero-order valence-corrected chi connectivity index (χ0v) is 17.6. The molecule has 5 nitrogen and oxygen atoms in total. The van der Waals surface area contributed by atoms with E-state index in [1.807, 2.05) is 19.1 Å². The van der Waals surface area contributed by atoms with Crippen molar-refractivity contribution < 1.29 is 13.2 Å². The van der Waals surface area contributed by atoms with Crippen molar-refractivity contribution in [2.75, 3.05) is 7.11 Å². The lowest BCUT2D eigenvalue weighted by atomic mass is 9.92. The minimum absolute atomic E-state index is 0.106. The van der Waals surface area contributed by atoms with Gasteiger partial charge in [0.25, 0.3) is 0 Å². The Balaban J connectivity index is 1.64. The van der Waals surface area contributed by atoms with E-state index in [4.69, 9.17) is 4.74 Å². The Bertz CT molecular complexity index is 1160. The van der Waals surface area contributed by atoms with Gasteiger partial charge in [-0.05, 0) is 68.0 Å². The number of ether oxygens (including phenoxy) is 1. The van der Waals surface area contributed by atoms with Crippen LogP contribution in [0.15, 0.2) is 41.3 Å². The summed E-state index contributed by atoms with van der Waals surface area (Å²) in [7, 11) is 0.0882. The molecule has 148 valence electrons. The lowest BCUT2D eigenvalue weighted by Gasteiger charge is -2.25. The van der Waals surface area contributed by atoms with Crippen molar-refractivity contribution in [1.29, 1.82) is 0 Å². The maximum absolute atomic E-state index is 13.1. The average molecular weight is 399 g/mol. The molecule has 1 atom stereocenters. The van der Waals surface area contributed by atoms with Gasteiger partial charge >= 0.3 is 0 Å². The van der Waals surface area contributed by atoms with Gasteiger partial charge in [0.2, 0.25) is 10.0 Å². The number of sulfonamides is 1. The zero-order chi connectivity index (χ0) is 20.1. The molecule has 1 aliphatic rings. The summed E-state index contributed by atoms with van der Waals surface area (Å²) in [5, 5.41) is 1.22. The van der Waals surface area contributed by atoms with Gasteiger partial charge in [0.1, 0.15) is 5.75 Å². The summed E-state index contributed by atoms with van der Waals surface area (Å²) in [5.74, 6) is 0.703. The van der Waals surface area contributed by atoms with Crippen LogP contribution in [0, 0.1) is 13.8 Å². The topological polar surface area (TPSA) is 60.3 Å². The molecular weight excluding hydrogens is 372 g/mol. The monoisotopic (exact) mass is 398 g/mol. The quantitative estimate of drug-likeness (QED) is 0.730. The fraction of sp³-hybridized carbons (Fsp3) is 0.364. The Morgan fingerprint density at radius 1 is 1.14 bits per heavy atom. The van der Waals surface area contributed by atoms with E-state index in [2.05, 4.69) is 28.5 Å². The van der Waals surface area contributed by atoms with Crippen LogP contribution in [0.1, 0.15) is 28.8 Å². The molecule has 0 bridgehead atoms. The van der Waals surface area contributed by atoms with Gasteiger partial charge in [-0.2, -0.15) is 0 Å². The van der Waals surface area contributed by atoms with Gasteiger partial charge in [-0.25, -0.2) is 13.1 Å². The highest BCUT2D eigenvalue weighted by molar-refractivity contribution is 7.89. The Labute approximate surface area is 166 Å². The highest BCUT2D eigenvalue weighted by atomic mass is 32.2. The van der Waals surface area contributed by atoms with Crippen molar-refractivity contribution in [3.8, 4) is 5.75 Å². The second kappa shape index (κ2) is 6.94. The predicted octanol–water partition coefficient (Wildman–Crippen LogP) is 3.64. The minimum Gasteiger partial charge on any atom is -0.496 e. The number of para-hydroxylation sites is 1. The highest BCUT2D eigenvalue weighted by Crippen LogP contribution is 2.32. The van der Waals surface area contributed by atoms with Crippen LogP contribution < -0.4 is 9.46 Å². The maximum Gasteiger partial charge on any atom is 0.241 e. The van der Waals surface area contributed by atoms with Gasteiger partial charge in [0, 0.05) is 29.7 Å². The van der Waals surface area contributed by atoms with Crippen LogP contribution in [-0.4, -0.2) is 26.1 Å². The number of methoxy groups -OCH3 is 1. The van der Waals surface area contributed by atoms with E-state index in [0.717, 1.165) is 18.4 Å². The number of aromatic nitrogens is 1. The molecule has 1 unspecified atom stereocenters. The third-order valence-electron chi connectivity index (χ3n) is 5.83. The molecule has 0 saturated heterocycles. The van der Waals surface area contributed by atoms with E-state index in [9.17, 15) is 8.42 Å². The highest BCUT2D eigenvalue weighted by Gasteiger charge is 2.28. The van der Waals surface area contributed by atoms with Crippen molar-refractivity contribution >= 4 is 20.9 Å². The number of aryl methyl sites for hydroxylation is 3. The Morgan fingerprint density at radius 2 is 1.89 bits per heavy atom. The minimum atomic E-state index is -3.60. The summed E-state index contributed by atoms with van der Waals surface area (Å²) < 4.78 is 36.7. The molecule has 1 N–H and O–H groups in total. The first-order chi connectivity index (χ1) is 13.3. The number of hydrogen-bond acceptors (Lipinski definition) is 3. The Morgan fingerprint density at radius 3 is 2.64 bits per heavy atom. The summed E-state index contributed by atoms with van der Waals surface area (Å²) in [4.78, 5) is 0.328. The molecule has 4 rings (SSSR count). The van der Waals surface area contributed by atoms with Crippen LogP contribution in [0.2, 0.25) is 0 Å². The third kappa shape index (κ3) is 3.10. The third-order valence-corrected chi connectivity index (χ3v) is 7.49. The maximum atomic E-state index is 13.1. The second-order valence-electron chi connectivity index (χ2n) is 7.65. The van der Waals surface area contributed by atoms with Gasteiger partial charge < -0.3 is 9.30 Å². The molecule has 0 saturated carbocycles. The lowest BCUT2D eigenvalue weighted by molar-refractivity contribution is 0.411. The van der Waals surface area contributed by atoms with E-state index in [-0.39, 0.29) is 6.04 Å². The lowest BCUT2D eigenvalue weighted by Crippen LogP contribution is -2.39. The SMILES string of the molecule is COc1cc(C)c(S(=O)(=O)NC2CCc3c(c4ccccc4n3C)C2)cc1C. The van der Waals surface area contributed by atoms with Crippen molar-refractivity contribution in [2.24, 2.45) is 7.05 Å². The average Bonchev–Trinajstić information content (AvgIpc) is 2.95. The molecule has 0 amide bonds. The number of rotatable bonds is 4. The molecule has 0 radical (unpaired) electrons. The van der Waals surface area contributed by atoms with E-state index in [0.29, 0.717) is 22.6 Å². The van der Waals surface area contributed by atoms with Gasteiger partial charge in [-0.15, -0.1) is 0 Å². The normalized spacial score (nSPS) is 16.9. The van der Waals surface area contributed by atoms with Crippen LogP contribution >= 0.6 is 0 Å². The van der Waals surface area contributed by atoms with Crippen LogP contribution in [0.25, 0.3) is 10.9 Å². The standard InChI is InChI=1S/C22H26N2O3S/c1-14-12-22(15(2)11-21(14)27-4)28(25,26)23-16-9-10-20-18(13-16)17-7-5-6-8-19(17)24(20)3/h5-8,11-12,16,23H,9-10,13H2,1-4H3. The smallest absolute Gasteiger partial charge is 0.241 e. The van der Waals surface area contributed by atoms with Crippen molar-refractivity contribution in [3.05, 3.63) is 58.8 Å². The molecule has 2 aromatic carbocycles. The van der Waals surface area contributed by atoms with Crippen molar-refractivity contribution in [3.63, 3.8) is 0 Å². The molecule has 0 fully saturated rings. The van der Waals surface area contributed by atoms with Crippen molar-refractivity contribution in [2.45, 2.75) is 44.0 Å². The fourth-order valence-electron chi connectivity index (χ4n) is 4.39. The van der Waals surface area contributed by atoms with E-state index >= 15 is 0 Å². The van der Waals surface area contributed by atoms with Crippen molar-refractivity contribution in [1.82, 2.24) is 9.29 Å². The van der Waals surface area contributed by atoms with Crippen LogP contribution in [0.5, 0.6) is 5.75 Å². The summed E-state index contributed by atoms with van der Waals surface area (Å²) in [6, 6.07) is 11.7. The zero-order valence-electron chi connectivity index (χ0n) is 16.7. The summed E-state index contributed by atoms with van der Waals surface area (Å²) in [6.45, 7) is 3.67. The predicted molar refractivity (Wildman–Crippen MR) is 112 cm³/mol. The van der Waals surface area contributed by atoms with Crippen LogP contribution in [0.3, 0.4) is 0 Å². The Hall–Kier alpha value is -2.31. The van der Waals surface area contributed by atoms with E-state index < -0.39 is 10.0 Å². The van der Waals surface area contributed by atoms with E-state index in [1.165, 1.54) is 22.2 Å². The molecule has 6 heteroatoms. The summed E-state index contributed by atoms with van der Waals surface area (Å²) >= 11 is 0. The molecule has 0 aliphatic heterocycles. The first kappa shape index (κ1) is 19.0. The van der Waals surface area contributed by atoms with Gasteiger partial charge in [0.05, 0.1) is 12.0 Å². The van der Waals surface area contributed by atoms with E-state index in [1.54, 1.807) is 26.2 Å². The number of nitrogens with one attached hydrogen (secondary N) is 1. The van der Waals surface area contributed by atoms with Gasteiger partial charge in [-0.3, -0.25) is 0 Å². The molecule has 3 aromatic rings. The summed E-state index contributed by atoms with van der Waals surface area (Å²) in [5.41, 5.74) is 5.29. The molecule has 1 aromatic heterocycles. The summed E-state index contributed by atoms with van der Waals surface area (Å²) in [6.07, 6.45) is 2.38. The molecule has 0 spiro atoms. The number of fused-ring (bicyclic) bond motifs is 3. The second-order valence-corrected chi connectivity index (χ2v) is 9.33. The van der Waals surface area contributed by atoms with Crippen LogP contribution in [-0.2, 0) is 29.9 Å². The number of nitrogens with zero attached hydrogens (tertiary/aromatic N) is 1. The molecule has 28 heavy (non-hydrogen) atoms. The molecule has 1 heterocycles. The first-order valence-corrected chi connectivity index (χ1v) is 11.0. The van der Waals surface area contributed by atoms with Crippen LogP contribution in [0.4, 0.5) is 0 Å². The number of hydrogen-bond donors (Lipinski definition) is 1. The molecule has 1 aliphatic carbocycles. The first-order valence-electron chi connectivity index (χ1n) is 9.54. The molecular formula is C22H26N2O3S. The Kier molecular flexibility index (Phi) is 4.71. The van der Waals surface area contributed by atoms with Gasteiger partial charge in [-0.1, -0.05) is 18.2 Å². The van der Waals surface area contributed by atoms with Gasteiger partial charge in [0.15, 0.2) is 0 Å². The fourth-order valence-corrected chi connectivity index (χ4v) is 5.97. The number of benzene rings is 2.